The Morgan fingerprint density at radius 2 is 1.71 bits per heavy atom. The van der Waals surface area contributed by atoms with Gasteiger partial charge in [0.25, 0.3) is 0 Å². The first kappa shape index (κ1) is 29.6. The summed E-state index contributed by atoms with van der Waals surface area (Å²) < 4.78 is 0. The van der Waals surface area contributed by atoms with Crippen molar-refractivity contribution in [1.29, 1.82) is 0 Å². The second-order valence-electron chi connectivity index (χ2n) is 8.25. The second-order valence-corrected chi connectivity index (χ2v) is 8.25. The van der Waals surface area contributed by atoms with Crippen molar-refractivity contribution in [1.82, 2.24) is 10.2 Å². The molecule has 2 rings (SSSR count). The average molecular weight is 587 g/mol. The van der Waals surface area contributed by atoms with Crippen molar-refractivity contribution in [3.05, 3.63) is 91.0 Å². The summed E-state index contributed by atoms with van der Waals surface area (Å²) in [5, 5.41) is 3.31. The van der Waals surface area contributed by atoms with Gasteiger partial charge in [0.05, 0.1) is 0 Å². The monoisotopic (exact) mass is 588 g/mol. The van der Waals surface area contributed by atoms with Crippen molar-refractivity contribution in [2.75, 3.05) is 26.2 Å². The summed E-state index contributed by atoms with van der Waals surface area (Å²) in [6, 6.07) is 9.09. The van der Waals surface area contributed by atoms with E-state index in [1.165, 1.54) is 43.5 Å². The van der Waals surface area contributed by atoms with Gasteiger partial charge < -0.3 is 11.1 Å². The summed E-state index contributed by atoms with van der Waals surface area (Å²) in [5.41, 5.74) is 11.2. The van der Waals surface area contributed by atoms with E-state index in [1.807, 2.05) is 19.1 Å². The molecular formula is C27H42HfN3-. The van der Waals surface area contributed by atoms with Crippen LogP contribution in [0.4, 0.5) is 0 Å². The van der Waals surface area contributed by atoms with Crippen LogP contribution < -0.4 is 11.1 Å². The van der Waals surface area contributed by atoms with Crippen LogP contribution in [0.15, 0.2) is 73.0 Å². The standard InChI is InChI=1S/C19H31N3.C8H11.Hf/c1-3-17-4-6-19(7-5-17)15-22-12-9-18(10-13-22)8-11-21-16(2)14-20;1-7(2)5-6-8(3)4;/h4-7,18,21H,2-3,8-15,20H2,1H3;5-6H,1-3H2,4H3;/q;-1;/b;6-5-;. The number of piperidine rings is 1. The van der Waals surface area contributed by atoms with E-state index in [9.17, 15) is 0 Å². The summed E-state index contributed by atoms with van der Waals surface area (Å²) in [5.74, 6) is 0.844. The number of nitrogens with two attached hydrogens (primary N) is 1. The molecule has 4 heteroatoms. The third-order valence-electron chi connectivity index (χ3n) is 5.32. The van der Waals surface area contributed by atoms with E-state index in [2.05, 4.69) is 68.1 Å². The fourth-order valence-electron chi connectivity index (χ4n) is 3.36. The quantitative estimate of drug-likeness (QED) is 0.219. The van der Waals surface area contributed by atoms with Crippen molar-refractivity contribution in [2.24, 2.45) is 11.7 Å². The fraction of sp³-hybridized carbons (Fsp3) is 0.444. The van der Waals surface area contributed by atoms with Gasteiger partial charge in [-0.05, 0) is 62.7 Å². The molecule has 0 aliphatic carbocycles. The number of benzene rings is 1. The first-order chi connectivity index (χ1) is 14.3. The molecule has 1 fully saturated rings. The minimum absolute atomic E-state index is 0. The topological polar surface area (TPSA) is 41.3 Å². The van der Waals surface area contributed by atoms with Crippen LogP contribution in [0.2, 0.25) is 0 Å². The van der Waals surface area contributed by atoms with Gasteiger partial charge in [-0.25, -0.2) is 5.57 Å². The SMILES string of the molecule is C=C(CN)NCCC1CCN(Cc2ccc(CC)cc2)CC1.C=C([CH2-])/C=C\C(=C)C.[Hf]. The Kier molecular flexibility index (Phi) is 16.5. The predicted molar refractivity (Wildman–Crippen MR) is 133 cm³/mol. The van der Waals surface area contributed by atoms with Crippen molar-refractivity contribution in [3.8, 4) is 0 Å². The maximum absolute atomic E-state index is 5.53. The summed E-state index contributed by atoms with van der Waals surface area (Å²) in [6.45, 7) is 24.0. The van der Waals surface area contributed by atoms with Gasteiger partial charge in [-0.3, -0.25) is 4.90 Å². The zero-order valence-corrected chi connectivity index (χ0v) is 23.4. The molecular weight excluding hydrogens is 545 g/mol. The van der Waals surface area contributed by atoms with E-state index in [0.717, 1.165) is 42.3 Å². The van der Waals surface area contributed by atoms with E-state index in [-0.39, 0.29) is 25.8 Å². The normalized spacial score (nSPS) is 14.3. The largest absolute Gasteiger partial charge is 0.388 e. The maximum Gasteiger partial charge on any atom is 0.0322 e. The molecule has 31 heavy (non-hydrogen) atoms. The van der Waals surface area contributed by atoms with Crippen LogP contribution in [0.5, 0.6) is 0 Å². The zero-order valence-electron chi connectivity index (χ0n) is 19.8. The summed E-state index contributed by atoms with van der Waals surface area (Å²) in [4.78, 5) is 2.59. The number of nitrogens with zero attached hydrogens (tertiary/aromatic N) is 1. The Morgan fingerprint density at radius 1 is 1.13 bits per heavy atom. The Balaban J connectivity index is 0.000000858. The van der Waals surface area contributed by atoms with Crippen LogP contribution in [-0.2, 0) is 38.8 Å². The third kappa shape index (κ3) is 14.3. The molecule has 1 aliphatic rings. The van der Waals surface area contributed by atoms with Crippen LogP contribution >= 0.6 is 0 Å². The molecule has 1 aromatic rings. The molecule has 170 valence electrons. The van der Waals surface area contributed by atoms with Crippen molar-refractivity contribution in [3.63, 3.8) is 0 Å². The van der Waals surface area contributed by atoms with Crippen LogP contribution in [-0.4, -0.2) is 31.1 Å². The van der Waals surface area contributed by atoms with E-state index in [4.69, 9.17) is 5.73 Å². The summed E-state index contributed by atoms with van der Waals surface area (Å²) in [7, 11) is 0. The van der Waals surface area contributed by atoms with Gasteiger partial charge in [0.2, 0.25) is 0 Å². The molecule has 0 bridgehead atoms. The van der Waals surface area contributed by atoms with Gasteiger partial charge in [0, 0.05) is 51.2 Å². The molecule has 0 aromatic heterocycles. The fourth-order valence-corrected chi connectivity index (χ4v) is 3.36. The Bertz CT molecular complexity index is 667. The average Bonchev–Trinajstić information content (AvgIpc) is 2.74. The molecule has 1 aliphatic heterocycles. The molecule has 0 atom stereocenters. The second kappa shape index (κ2) is 17.2. The van der Waals surface area contributed by atoms with Gasteiger partial charge in [0.15, 0.2) is 0 Å². The van der Waals surface area contributed by atoms with Crippen LogP contribution in [0.25, 0.3) is 0 Å². The molecule has 0 amide bonds. The minimum Gasteiger partial charge on any atom is -0.388 e. The Morgan fingerprint density at radius 3 is 2.16 bits per heavy atom. The predicted octanol–water partition coefficient (Wildman–Crippen LogP) is 5.42. The zero-order chi connectivity index (χ0) is 22.4. The number of aryl methyl sites for hydroxylation is 1. The maximum atomic E-state index is 5.53. The van der Waals surface area contributed by atoms with Crippen LogP contribution in [0.3, 0.4) is 0 Å². The van der Waals surface area contributed by atoms with E-state index < -0.39 is 0 Å². The minimum atomic E-state index is 0. The van der Waals surface area contributed by atoms with Gasteiger partial charge in [-0.2, -0.15) is 19.6 Å². The number of allylic oxidation sites excluding steroid dienone is 4. The number of rotatable bonds is 10. The molecule has 1 heterocycles. The molecule has 0 spiro atoms. The number of hydrogen-bond acceptors (Lipinski definition) is 3. The van der Waals surface area contributed by atoms with Crippen molar-refractivity contribution in [2.45, 2.75) is 46.1 Å². The van der Waals surface area contributed by atoms with E-state index in [0.29, 0.717) is 6.54 Å². The summed E-state index contributed by atoms with van der Waals surface area (Å²) in [6.07, 6.45) is 8.69. The summed E-state index contributed by atoms with van der Waals surface area (Å²) >= 11 is 0. The number of hydrogen-bond donors (Lipinski definition) is 2. The van der Waals surface area contributed by atoms with Crippen molar-refractivity contribution < 1.29 is 25.8 Å². The molecule has 0 radical (unpaired) electrons. The number of nitrogens with one attached hydrogen (secondary N) is 1. The molecule has 1 saturated heterocycles. The Labute approximate surface area is 210 Å². The van der Waals surface area contributed by atoms with Gasteiger partial charge in [0.1, 0.15) is 0 Å². The first-order valence-electron chi connectivity index (χ1n) is 11.1. The van der Waals surface area contributed by atoms with Crippen LogP contribution in [0.1, 0.15) is 44.2 Å². The number of likely N-dealkylation sites (tertiary alicyclic amines) is 1. The Hall–Kier alpha value is -1.36. The van der Waals surface area contributed by atoms with Gasteiger partial charge >= 0.3 is 0 Å². The van der Waals surface area contributed by atoms with Crippen LogP contribution in [0, 0.1) is 12.8 Å². The third-order valence-corrected chi connectivity index (χ3v) is 5.32. The smallest absolute Gasteiger partial charge is 0.0322 e. The first-order valence-corrected chi connectivity index (χ1v) is 11.1. The van der Waals surface area contributed by atoms with Crippen molar-refractivity contribution >= 4 is 0 Å². The van der Waals surface area contributed by atoms with E-state index >= 15 is 0 Å². The molecule has 3 N–H and O–H groups in total. The molecule has 3 nitrogen and oxygen atoms in total. The van der Waals surface area contributed by atoms with Gasteiger partial charge in [-0.1, -0.05) is 49.9 Å². The molecule has 0 unspecified atom stereocenters. The molecule has 0 saturated carbocycles. The van der Waals surface area contributed by atoms with Gasteiger partial charge in [-0.15, -0.1) is 6.08 Å². The van der Waals surface area contributed by atoms with E-state index in [1.54, 1.807) is 0 Å². The molecule has 1 aromatic carbocycles.